The molecule has 0 aliphatic heterocycles. The van der Waals surface area contributed by atoms with Gasteiger partial charge in [-0.2, -0.15) is 0 Å². The van der Waals surface area contributed by atoms with E-state index in [0.717, 1.165) is 0 Å². The van der Waals surface area contributed by atoms with Gasteiger partial charge in [0.2, 0.25) is 5.91 Å². The number of amides is 2. The number of benzene rings is 1. The van der Waals surface area contributed by atoms with E-state index in [1.165, 1.54) is 6.92 Å². The first-order chi connectivity index (χ1) is 8.54. The lowest BCUT2D eigenvalue weighted by Crippen LogP contribution is -2.42. The van der Waals surface area contributed by atoms with Crippen LogP contribution in [0.3, 0.4) is 0 Å². The molecular formula is C13H15N3O2. The summed E-state index contributed by atoms with van der Waals surface area (Å²) in [6.07, 6.45) is 0. The fraction of sp³-hybridized carbons (Fsp3) is 0.231. The van der Waals surface area contributed by atoms with E-state index in [4.69, 9.17) is 11.5 Å². The van der Waals surface area contributed by atoms with E-state index >= 15 is 0 Å². The predicted octanol–water partition coefficient (Wildman–Crippen LogP) is -0.400. The maximum Gasteiger partial charge on any atom is 0.251 e. The first-order valence-corrected chi connectivity index (χ1v) is 5.43. The molecule has 1 atom stereocenters. The Balaban J connectivity index is 2.83. The molecule has 0 saturated carbocycles. The number of carbonyl (C=O) groups excluding carboxylic acids is 2. The molecule has 0 fully saturated rings. The van der Waals surface area contributed by atoms with Gasteiger partial charge in [0.15, 0.2) is 0 Å². The molecule has 0 aliphatic rings. The van der Waals surface area contributed by atoms with Crippen LogP contribution in [0.2, 0.25) is 0 Å². The van der Waals surface area contributed by atoms with Crippen molar-refractivity contribution in [2.45, 2.75) is 13.0 Å². The highest BCUT2D eigenvalue weighted by atomic mass is 16.2. The number of hydrogen-bond donors (Lipinski definition) is 3. The summed E-state index contributed by atoms with van der Waals surface area (Å²) >= 11 is 0. The minimum absolute atomic E-state index is 0.259. The molecule has 0 bridgehead atoms. The van der Waals surface area contributed by atoms with Gasteiger partial charge < -0.3 is 16.8 Å². The quantitative estimate of drug-likeness (QED) is 0.632. The molecule has 1 aromatic rings. The molecule has 1 unspecified atom stereocenters. The predicted molar refractivity (Wildman–Crippen MR) is 68.5 cm³/mol. The third-order valence-corrected chi connectivity index (χ3v) is 2.23. The lowest BCUT2D eigenvalue weighted by atomic mass is 10.1. The lowest BCUT2D eigenvalue weighted by molar-refractivity contribution is -0.119. The molecule has 1 rings (SSSR count). The van der Waals surface area contributed by atoms with E-state index in [1.807, 2.05) is 0 Å². The van der Waals surface area contributed by atoms with Gasteiger partial charge in [-0.25, -0.2) is 0 Å². The van der Waals surface area contributed by atoms with Gasteiger partial charge in [0.25, 0.3) is 5.91 Å². The van der Waals surface area contributed by atoms with E-state index < -0.39 is 11.9 Å². The van der Waals surface area contributed by atoms with Crippen molar-refractivity contribution in [3.8, 4) is 11.8 Å². The molecule has 1 aromatic carbocycles. The maximum atomic E-state index is 11.8. The average molecular weight is 245 g/mol. The standard InChI is InChI=1S/C13H15N3O2/c1-9(12(15)17)16-13(18)11-6-2-4-10(8-11)5-3-7-14/h2,4,6,8-9H,7,14H2,1H3,(H2,15,17)(H,16,18). The summed E-state index contributed by atoms with van der Waals surface area (Å²) in [5.74, 6) is 4.59. The lowest BCUT2D eigenvalue weighted by Gasteiger charge is -2.10. The number of hydrogen-bond acceptors (Lipinski definition) is 3. The Morgan fingerprint density at radius 2 is 2.17 bits per heavy atom. The third-order valence-electron chi connectivity index (χ3n) is 2.23. The molecular weight excluding hydrogens is 230 g/mol. The Morgan fingerprint density at radius 3 is 2.78 bits per heavy atom. The van der Waals surface area contributed by atoms with Crippen molar-refractivity contribution in [3.63, 3.8) is 0 Å². The first-order valence-electron chi connectivity index (χ1n) is 5.43. The minimum atomic E-state index is -0.712. The van der Waals surface area contributed by atoms with Gasteiger partial charge in [0.1, 0.15) is 6.04 Å². The van der Waals surface area contributed by atoms with E-state index in [-0.39, 0.29) is 12.5 Å². The summed E-state index contributed by atoms with van der Waals surface area (Å²) in [7, 11) is 0. The molecule has 18 heavy (non-hydrogen) atoms. The average Bonchev–Trinajstić information content (AvgIpc) is 2.36. The van der Waals surface area contributed by atoms with Crippen LogP contribution in [0.4, 0.5) is 0 Å². The van der Waals surface area contributed by atoms with Crippen molar-refractivity contribution in [1.82, 2.24) is 5.32 Å². The molecule has 0 aromatic heterocycles. The van der Waals surface area contributed by atoms with Crippen LogP contribution < -0.4 is 16.8 Å². The van der Waals surface area contributed by atoms with Gasteiger partial charge in [-0.15, -0.1) is 0 Å². The van der Waals surface area contributed by atoms with Crippen LogP contribution in [-0.4, -0.2) is 24.4 Å². The Morgan fingerprint density at radius 1 is 1.44 bits per heavy atom. The molecule has 5 nitrogen and oxygen atoms in total. The minimum Gasteiger partial charge on any atom is -0.368 e. The van der Waals surface area contributed by atoms with Crippen LogP contribution in [0.15, 0.2) is 24.3 Å². The number of rotatable bonds is 3. The van der Waals surface area contributed by atoms with Crippen LogP contribution >= 0.6 is 0 Å². The summed E-state index contributed by atoms with van der Waals surface area (Å²) in [4.78, 5) is 22.6. The zero-order chi connectivity index (χ0) is 13.5. The molecule has 0 spiro atoms. The molecule has 2 amide bonds. The van der Waals surface area contributed by atoms with E-state index in [0.29, 0.717) is 11.1 Å². The smallest absolute Gasteiger partial charge is 0.251 e. The maximum absolute atomic E-state index is 11.8. The molecule has 0 heterocycles. The molecule has 5 N–H and O–H groups in total. The van der Waals surface area contributed by atoms with E-state index in [9.17, 15) is 9.59 Å². The second-order valence-electron chi connectivity index (χ2n) is 3.68. The number of primary amides is 1. The summed E-state index contributed by atoms with van der Waals surface area (Å²) in [5, 5.41) is 2.49. The highest BCUT2D eigenvalue weighted by Gasteiger charge is 2.13. The summed E-state index contributed by atoms with van der Waals surface area (Å²) < 4.78 is 0. The van der Waals surface area contributed by atoms with Gasteiger partial charge in [-0.05, 0) is 25.1 Å². The van der Waals surface area contributed by atoms with Crippen molar-refractivity contribution in [1.29, 1.82) is 0 Å². The first kappa shape index (κ1) is 13.7. The van der Waals surface area contributed by atoms with Crippen molar-refractivity contribution < 1.29 is 9.59 Å². The zero-order valence-electron chi connectivity index (χ0n) is 10.1. The van der Waals surface area contributed by atoms with E-state index in [1.54, 1.807) is 24.3 Å². The molecule has 5 heteroatoms. The van der Waals surface area contributed by atoms with Crippen LogP contribution in [0.1, 0.15) is 22.8 Å². The van der Waals surface area contributed by atoms with Gasteiger partial charge in [-0.3, -0.25) is 9.59 Å². The van der Waals surface area contributed by atoms with E-state index in [2.05, 4.69) is 17.2 Å². The second-order valence-corrected chi connectivity index (χ2v) is 3.68. The number of nitrogens with one attached hydrogen (secondary N) is 1. The van der Waals surface area contributed by atoms with Gasteiger partial charge in [0, 0.05) is 11.1 Å². The third kappa shape index (κ3) is 3.92. The molecule has 0 radical (unpaired) electrons. The molecule has 0 aliphatic carbocycles. The summed E-state index contributed by atoms with van der Waals surface area (Å²) in [5.41, 5.74) is 11.5. The normalized spacial score (nSPS) is 11.0. The van der Waals surface area contributed by atoms with Gasteiger partial charge >= 0.3 is 0 Å². The van der Waals surface area contributed by atoms with Crippen LogP contribution in [-0.2, 0) is 4.79 Å². The highest BCUT2D eigenvalue weighted by molar-refractivity contribution is 5.97. The Hall–Kier alpha value is -2.32. The van der Waals surface area contributed by atoms with Gasteiger partial charge in [0.05, 0.1) is 6.54 Å². The van der Waals surface area contributed by atoms with Crippen molar-refractivity contribution >= 4 is 11.8 Å². The van der Waals surface area contributed by atoms with Crippen molar-refractivity contribution in [3.05, 3.63) is 35.4 Å². The zero-order valence-corrected chi connectivity index (χ0v) is 10.1. The monoisotopic (exact) mass is 245 g/mol. The largest absolute Gasteiger partial charge is 0.368 e. The van der Waals surface area contributed by atoms with Crippen LogP contribution in [0.25, 0.3) is 0 Å². The van der Waals surface area contributed by atoms with Crippen molar-refractivity contribution in [2.75, 3.05) is 6.54 Å². The second kappa shape index (κ2) is 6.42. The topological polar surface area (TPSA) is 98.2 Å². The fourth-order valence-corrected chi connectivity index (χ4v) is 1.24. The SMILES string of the molecule is CC(NC(=O)c1cccc(C#CCN)c1)C(N)=O. The Bertz CT molecular complexity index is 514. The number of nitrogens with two attached hydrogens (primary N) is 2. The summed E-state index contributed by atoms with van der Waals surface area (Å²) in [6, 6.07) is 6.04. The highest BCUT2D eigenvalue weighted by Crippen LogP contribution is 2.04. The molecule has 0 saturated heterocycles. The Kier molecular flexibility index (Phi) is 4.90. The van der Waals surface area contributed by atoms with Crippen molar-refractivity contribution in [2.24, 2.45) is 11.5 Å². The molecule has 94 valence electrons. The Labute approximate surface area is 106 Å². The summed E-state index contributed by atoms with van der Waals surface area (Å²) in [6.45, 7) is 1.79. The fourth-order valence-electron chi connectivity index (χ4n) is 1.24. The van der Waals surface area contributed by atoms with Crippen LogP contribution in [0, 0.1) is 11.8 Å². The number of carbonyl (C=O) groups is 2. The van der Waals surface area contributed by atoms with Gasteiger partial charge in [-0.1, -0.05) is 17.9 Å². The van der Waals surface area contributed by atoms with Crippen LogP contribution in [0.5, 0.6) is 0 Å².